The molecule has 1 aliphatic heterocycles. The largest absolute Gasteiger partial charge is 0.489 e. The fourth-order valence-electron chi connectivity index (χ4n) is 3.26. The lowest BCUT2D eigenvalue weighted by atomic mass is 10.2. The third-order valence-corrected chi connectivity index (χ3v) is 8.64. The molecule has 182 valence electrons. The molecular weight excluding hydrogens is 506 g/mol. The number of ether oxygens (including phenoxy) is 1. The van der Waals surface area contributed by atoms with Gasteiger partial charge >= 0.3 is 0 Å². The van der Waals surface area contributed by atoms with E-state index in [0.29, 0.717) is 5.02 Å². The molecule has 0 unspecified atom stereocenters. The van der Waals surface area contributed by atoms with E-state index in [1.54, 1.807) is 30.3 Å². The van der Waals surface area contributed by atoms with Gasteiger partial charge in [0, 0.05) is 16.5 Å². The first-order chi connectivity index (χ1) is 16.8. The number of hydrazone groups is 1. The average Bonchev–Trinajstić information content (AvgIpc) is 2.82. The highest BCUT2D eigenvalue weighted by Crippen LogP contribution is 2.28. The van der Waals surface area contributed by atoms with Gasteiger partial charge in [-0.25, -0.2) is 13.8 Å². The fraction of sp³-hybridized carbons (Fsp3) is 0.200. The van der Waals surface area contributed by atoms with Crippen LogP contribution in [0.1, 0.15) is 11.1 Å². The van der Waals surface area contributed by atoms with Gasteiger partial charge in [0.1, 0.15) is 18.4 Å². The second-order valence-corrected chi connectivity index (χ2v) is 11.2. The van der Waals surface area contributed by atoms with Crippen molar-refractivity contribution in [2.75, 3.05) is 22.4 Å². The minimum Gasteiger partial charge on any atom is -0.489 e. The molecule has 1 heterocycles. The van der Waals surface area contributed by atoms with Crippen molar-refractivity contribution in [1.29, 1.82) is 0 Å². The van der Waals surface area contributed by atoms with Crippen LogP contribution >= 0.6 is 23.4 Å². The molecule has 3 aromatic rings. The normalized spacial score (nSPS) is 13.9. The molecule has 0 spiro atoms. The molecular formula is C25H24ClN3O4S2. The molecule has 7 nitrogen and oxygen atoms in total. The standard InChI is InChI=1S/C25H24ClN3O4S2/c1-18-10-11-20(13-24(18)26)29(35(31,32)23-8-3-2-4-9-23)15-25(30)28-27-14-19-6-5-7-21(12-19)33-22-16-34-17-22/h2-14,22H,15-17H2,1H3,(H,28,30)/b27-14+. The van der Waals surface area contributed by atoms with Gasteiger partial charge in [0.05, 0.1) is 16.8 Å². The van der Waals surface area contributed by atoms with Crippen molar-refractivity contribution in [3.05, 3.63) is 88.9 Å². The van der Waals surface area contributed by atoms with E-state index in [2.05, 4.69) is 10.5 Å². The van der Waals surface area contributed by atoms with Gasteiger partial charge in [-0.15, -0.1) is 0 Å². The topological polar surface area (TPSA) is 88.1 Å². The number of carbonyl (C=O) groups excluding carboxylic acids is 1. The van der Waals surface area contributed by atoms with Gasteiger partial charge in [0.15, 0.2) is 0 Å². The van der Waals surface area contributed by atoms with E-state index >= 15 is 0 Å². The maximum Gasteiger partial charge on any atom is 0.264 e. The summed E-state index contributed by atoms with van der Waals surface area (Å²) in [6.45, 7) is 1.34. The van der Waals surface area contributed by atoms with Crippen molar-refractivity contribution in [1.82, 2.24) is 5.43 Å². The summed E-state index contributed by atoms with van der Waals surface area (Å²) >= 11 is 8.08. The predicted molar refractivity (Wildman–Crippen MR) is 141 cm³/mol. The zero-order valence-electron chi connectivity index (χ0n) is 18.9. The third kappa shape index (κ3) is 6.36. The number of nitrogens with zero attached hydrogens (tertiary/aromatic N) is 2. The van der Waals surface area contributed by atoms with E-state index in [1.165, 1.54) is 24.4 Å². The van der Waals surface area contributed by atoms with Gasteiger partial charge < -0.3 is 4.74 Å². The first-order valence-electron chi connectivity index (χ1n) is 10.8. The minimum atomic E-state index is -4.03. The number of sulfonamides is 1. The summed E-state index contributed by atoms with van der Waals surface area (Å²) in [5, 5.41) is 4.40. The van der Waals surface area contributed by atoms with E-state index in [-0.39, 0.29) is 16.7 Å². The molecule has 1 aliphatic rings. The second kappa shape index (κ2) is 11.2. The lowest BCUT2D eigenvalue weighted by Crippen LogP contribution is -2.39. The maximum atomic E-state index is 13.4. The number of hydrogen-bond acceptors (Lipinski definition) is 6. The van der Waals surface area contributed by atoms with Gasteiger partial charge in [-0.3, -0.25) is 9.10 Å². The quantitative estimate of drug-likeness (QED) is 0.326. The molecule has 0 atom stereocenters. The molecule has 4 rings (SSSR count). The summed E-state index contributed by atoms with van der Waals surface area (Å²) in [6, 6.07) is 20.2. The average molecular weight is 530 g/mol. The zero-order valence-corrected chi connectivity index (χ0v) is 21.3. The number of carbonyl (C=O) groups is 1. The third-order valence-electron chi connectivity index (χ3n) is 5.23. The summed E-state index contributed by atoms with van der Waals surface area (Å²) in [4.78, 5) is 12.8. The Kier molecular flexibility index (Phi) is 8.00. The van der Waals surface area contributed by atoms with E-state index in [1.807, 2.05) is 43.0 Å². The van der Waals surface area contributed by atoms with Gasteiger partial charge in [0.2, 0.25) is 0 Å². The van der Waals surface area contributed by atoms with Crippen molar-refractivity contribution in [2.45, 2.75) is 17.9 Å². The van der Waals surface area contributed by atoms with Crippen LogP contribution in [0, 0.1) is 6.92 Å². The Labute approximate surface area is 214 Å². The van der Waals surface area contributed by atoms with Crippen LogP contribution in [-0.2, 0) is 14.8 Å². The number of aryl methyl sites for hydroxylation is 1. The second-order valence-electron chi connectivity index (χ2n) is 7.90. The van der Waals surface area contributed by atoms with Crippen molar-refractivity contribution >= 4 is 51.2 Å². The number of hydrogen-bond donors (Lipinski definition) is 1. The van der Waals surface area contributed by atoms with Crippen LogP contribution in [0.4, 0.5) is 5.69 Å². The van der Waals surface area contributed by atoms with Crippen molar-refractivity contribution in [3.63, 3.8) is 0 Å². The van der Waals surface area contributed by atoms with Crippen LogP contribution in [-0.4, -0.2) is 44.7 Å². The number of rotatable bonds is 9. The summed E-state index contributed by atoms with van der Waals surface area (Å²) in [5.74, 6) is 2.09. The van der Waals surface area contributed by atoms with Gasteiger partial charge in [-0.1, -0.05) is 48.0 Å². The van der Waals surface area contributed by atoms with E-state index < -0.39 is 22.5 Å². The molecule has 1 saturated heterocycles. The van der Waals surface area contributed by atoms with Gasteiger partial charge in [-0.05, 0) is 54.4 Å². The van der Waals surface area contributed by atoms with Gasteiger partial charge in [-0.2, -0.15) is 16.9 Å². The Hall–Kier alpha value is -3.01. The lowest BCUT2D eigenvalue weighted by Gasteiger charge is -2.25. The zero-order chi connectivity index (χ0) is 24.8. The molecule has 0 bridgehead atoms. The highest BCUT2D eigenvalue weighted by Gasteiger charge is 2.27. The molecule has 0 aromatic heterocycles. The molecule has 35 heavy (non-hydrogen) atoms. The molecule has 10 heteroatoms. The number of halogens is 1. The van der Waals surface area contributed by atoms with Crippen LogP contribution in [0.25, 0.3) is 0 Å². The van der Waals surface area contributed by atoms with E-state index in [9.17, 15) is 13.2 Å². The molecule has 1 amide bonds. The Morgan fingerprint density at radius 2 is 1.91 bits per heavy atom. The Morgan fingerprint density at radius 3 is 2.60 bits per heavy atom. The van der Waals surface area contributed by atoms with Crippen LogP contribution in [0.15, 0.2) is 82.8 Å². The van der Waals surface area contributed by atoms with Crippen LogP contribution in [0.3, 0.4) is 0 Å². The Balaban J connectivity index is 1.49. The SMILES string of the molecule is Cc1ccc(N(CC(=O)N/N=C/c2cccc(OC3CSC3)c2)S(=O)(=O)c2ccccc2)cc1Cl. The fourth-order valence-corrected chi connectivity index (χ4v) is 5.43. The van der Waals surface area contributed by atoms with Crippen molar-refractivity contribution in [2.24, 2.45) is 5.10 Å². The number of amides is 1. The first-order valence-corrected chi connectivity index (χ1v) is 13.8. The van der Waals surface area contributed by atoms with Crippen LogP contribution in [0.5, 0.6) is 5.75 Å². The highest BCUT2D eigenvalue weighted by atomic mass is 35.5. The summed E-state index contributed by atoms with van der Waals surface area (Å²) < 4.78 is 33.6. The van der Waals surface area contributed by atoms with Crippen LogP contribution < -0.4 is 14.5 Å². The predicted octanol–water partition coefficient (Wildman–Crippen LogP) is 4.49. The van der Waals surface area contributed by atoms with Crippen molar-refractivity contribution < 1.29 is 17.9 Å². The first kappa shape index (κ1) is 25.1. The highest BCUT2D eigenvalue weighted by molar-refractivity contribution is 8.00. The molecule has 0 radical (unpaired) electrons. The smallest absolute Gasteiger partial charge is 0.264 e. The Bertz CT molecular complexity index is 1330. The minimum absolute atomic E-state index is 0.0645. The van der Waals surface area contributed by atoms with Crippen molar-refractivity contribution in [3.8, 4) is 5.75 Å². The van der Waals surface area contributed by atoms with Gasteiger partial charge in [0.25, 0.3) is 15.9 Å². The molecule has 0 saturated carbocycles. The number of thioether (sulfide) groups is 1. The maximum absolute atomic E-state index is 13.4. The molecule has 0 aliphatic carbocycles. The summed E-state index contributed by atoms with van der Waals surface area (Å²) in [7, 11) is -4.03. The number of nitrogens with one attached hydrogen (secondary N) is 1. The monoisotopic (exact) mass is 529 g/mol. The van der Waals surface area contributed by atoms with E-state index in [0.717, 1.165) is 32.7 Å². The molecule has 3 aromatic carbocycles. The van der Waals surface area contributed by atoms with Crippen LogP contribution in [0.2, 0.25) is 5.02 Å². The molecule has 1 fully saturated rings. The summed E-state index contributed by atoms with van der Waals surface area (Å²) in [6.07, 6.45) is 1.71. The number of benzene rings is 3. The lowest BCUT2D eigenvalue weighted by molar-refractivity contribution is -0.119. The summed E-state index contributed by atoms with van der Waals surface area (Å²) in [5.41, 5.74) is 4.23. The Morgan fingerprint density at radius 1 is 1.14 bits per heavy atom. The van der Waals surface area contributed by atoms with E-state index in [4.69, 9.17) is 16.3 Å². The molecule has 1 N–H and O–H groups in total. The number of anilines is 1.